The molecule has 0 radical (unpaired) electrons. The van der Waals surface area contributed by atoms with Crippen LogP contribution in [0.1, 0.15) is 38.6 Å². The minimum Gasteiger partial charge on any atom is -0.484 e. The third-order valence-electron chi connectivity index (χ3n) is 4.72. The molecule has 3 heterocycles. The Morgan fingerprint density at radius 1 is 1.11 bits per heavy atom. The van der Waals surface area contributed by atoms with Crippen LogP contribution in [0.2, 0.25) is 0 Å². The van der Waals surface area contributed by atoms with Gasteiger partial charge in [-0.25, -0.2) is 0 Å². The van der Waals surface area contributed by atoms with E-state index in [1.54, 1.807) is 46.9 Å². The standard InChI is InChI=1S/C21H19NO3S2/c1-14(23)15-4-6-16(7-5-15)25-13-20(24)22-10-8-18-17(9-12-27-18)21(22)19-3-2-11-26-19/h2-7,9,11-12,21H,8,10,13H2,1H3. The highest BCUT2D eigenvalue weighted by Crippen LogP contribution is 2.39. The van der Waals surface area contributed by atoms with Gasteiger partial charge in [0.05, 0.1) is 6.04 Å². The molecule has 1 amide bonds. The number of hydrogen-bond acceptors (Lipinski definition) is 5. The average molecular weight is 398 g/mol. The lowest BCUT2D eigenvalue weighted by Crippen LogP contribution is -2.42. The van der Waals surface area contributed by atoms with Crippen LogP contribution in [0.4, 0.5) is 0 Å². The first kappa shape index (κ1) is 17.9. The summed E-state index contributed by atoms with van der Waals surface area (Å²) in [5.74, 6) is 0.575. The molecular weight excluding hydrogens is 378 g/mol. The lowest BCUT2D eigenvalue weighted by molar-refractivity contribution is -0.135. The number of fused-ring (bicyclic) bond motifs is 1. The van der Waals surface area contributed by atoms with E-state index in [2.05, 4.69) is 17.5 Å². The van der Waals surface area contributed by atoms with Crippen LogP contribution in [0.25, 0.3) is 0 Å². The van der Waals surface area contributed by atoms with E-state index in [4.69, 9.17) is 4.74 Å². The molecule has 1 aromatic carbocycles. The monoisotopic (exact) mass is 397 g/mol. The van der Waals surface area contributed by atoms with Gasteiger partial charge in [-0.3, -0.25) is 9.59 Å². The van der Waals surface area contributed by atoms with E-state index >= 15 is 0 Å². The number of carbonyl (C=O) groups excluding carboxylic acids is 2. The van der Waals surface area contributed by atoms with Gasteiger partial charge in [0.15, 0.2) is 12.4 Å². The molecule has 27 heavy (non-hydrogen) atoms. The molecule has 4 nitrogen and oxygen atoms in total. The molecule has 1 aliphatic rings. The second kappa shape index (κ2) is 7.66. The van der Waals surface area contributed by atoms with Gasteiger partial charge in [0.25, 0.3) is 5.91 Å². The van der Waals surface area contributed by atoms with E-state index in [9.17, 15) is 9.59 Å². The molecular formula is C21H19NO3S2. The molecule has 0 spiro atoms. The van der Waals surface area contributed by atoms with E-state index in [-0.39, 0.29) is 24.3 Å². The number of thiophene rings is 2. The Balaban J connectivity index is 1.50. The first-order valence-electron chi connectivity index (χ1n) is 8.76. The molecule has 1 atom stereocenters. The fourth-order valence-corrected chi connectivity index (χ4v) is 5.11. The second-order valence-electron chi connectivity index (χ2n) is 6.42. The van der Waals surface area contributed by atoms with Crippen molar-refractivity contribution in [2.45, 2.75) is 19.4 Å². The second-order valence-corrected chi connectivity index (χ2v) is 8.40. The summed E-state index contributed by atoms with van der Waals surface area (Å²) in [5, 5.41) is 4.15. The molecule has 3 aromatic rings. The number of carbonyl (C=O) groups is 2. The fraction of sp³-hybridized carbons (Fsp3) is 0.238. The number of benzene rings is 1. The highest BCUT2D eigenvalue weighted by atomic mass is 32.1. The van der Waals surface area contributed by atoms with Crippen LogP contribution in [-0.2, 0) is 11.2 Å². The van der Waals surface area contributed by atoms with Crippen molar-refractivity contribution in [1.82, 2.24) is 4.90 Å². The molecule has 0 N–H and O–H groups in total. The van der Waals surface area contributed by atoms with Gasteiger partial charge in [-0.2, -0.15) is 0 Å². The predicted molar refractivity (Wildman–Crippen MR) is 108 cm³/mol. The summed E-state index contributed by atoms with van der Waals surface area (Å²) in [6, 6.07) is 13.1. The van der Waals surface area contributed by atoms with Gasteiger partial charge >= 0.3 is 0 Å². The molecule has 138 valence electrons. The Bertz CT molecular complexity index is 944. The van der Waals surface area contributed by atoms with E-state index < -0.39 is 0 Å². The van der Waals surface area contributed by atoms with Crippen molar-refractivity contribution in [1.29, 1.82) is 0 Å². The molecule has 1 unspecified atom stereocenters. The van der Waals surface area contributed by atoms with Gasteiger partial charge in [0.1, 0.15) is 5.75 Å². The number of ketones is 1. The highest BCUT2D eigenvalue weighted by Gasteiger charge is 2.33. The normalized spacial score (nSPS) is 16.0. The molecule has 4 rings (SSSR count). The van der Waals surface area contributed by atoms with Gasteiger partial charge in [0.2, 0.25) is 0 Å². The Morgan fingerprint density at radius 2 is 1.93 bits per heavy atom. The molecule has 0 bridgehead atoms. The van der Waals surface area contributed by atoms with Crippen LogP contribution < -0.4 is 4.74 Å². The molecule has 2 aromatic heterocycles. The van der Waals surface area contributed by atoms with Crippen LogP contribution in [0.3, 0.4) is 0 Å². The number of ether oxygens (including phenoxy) is 1. The van der Waals surface area contributed by atoms with E-state index in [0.717, 1.165) is 6.42 Å². The Labute approximate surface area is 166 Å². The lowest BCUT2D eigenvalue weighted by atomic mass is 9.98. The number of nitrogens with zero attached hydrogens (tertiary/aromatic N) is 1. The smallest absolute Gasteiger partial charge is 0.261 e. The minimum absolute atomic E-state index is 0.0105. The van der Waals surface area contributed by atoms with E-state index in [0.29, 0.717) is 17.9 Å². The highest BCUT2D eigenvalue weighted by molar-refractivity contribution is 7.10. The van der Waals surface area contributed by atoms with Crippen LogP contribution in [0.5, 0.6) is 5.75 Å². The summed E-state index contributed by atoms with van der Waals surface area (Å²) in [7, 11) is 0. The van der Waals surface area contributed by atoms with Crippen LogP contribution >= 0.6 is 22.7 Å². The average Bonchev–Trinajstić information content (AvgIpc) is 3.37. The van der Waals surface area contributed by atoms with Crippen molar-refractivity contribution in [3.63, 3.8) is 0 Å². The molecule has 6 heteroatoms. The molecule has 0 aliphatic carbocycles. The Morgan fingerprint density at radius 3 is 2.63 bits per heavy atom. The van der Waals surface area contributed by atoms with Gasteiger partial charge in [-0.05, 0) is 66.1 Å². The molecule has 0 fully saturated rings. The predicted octanol–water partition coefficient (Wildman–Crippen LogP) is 4.57. The third kappa shape index (κ3) is 3.68. The van der Waals surface area contributed by atoms with Crippen molar-refractivity contribution in [2.75, 3.05) is 13.2 Å². The third-order valence-corrected chi connectivity index (χ3v) is 6.64. The van der Waals surface area contributed by atoms with Gasteiger partial charge < -0.3 is 9.64 Å². The summed E-state index contributed by atoms with van der Waals surface area (Å²) < 4.78 is 5.69. The van der Waals surface area contributed by atoms with Crippen LogP contribution in [0.15, 0.2) is 53.2 Å². The molecule has 1 aliphatic heterocycles. The van der Waals surface area contributed by atoms with Crippen molar-refractivity contribution >= 4 is 34.4 Å². The maximum Gasteiger partial charge on any atom is 0.261 e. The first-order valence-corrected chi connectivity index (χ1v) is 10.5. The largest absolute Gasteiger partial charge is 0.484 e. The van der Waals surface area contributed by atoms with E-state index in [1.807, 2.05) is 16.3 Å². The zero-order chi connectivity index (χ0) is 18.8. The number of Topliss-reactive ketones (excluding diaryl/α,β-unsaturated/α-hetero) is 1. The summed E-state index contributed by atoms with van der Waals surface area (Å²) >= 11 is 3.44. The van der Waals surface area contributed by atoms with Gasteiger partial charge in [0, 0.05) is 21.9 Å². The van der Waals surface area contributed by atoms with Crippen LogP contribution in [-0.4, -0.2) is 29.7 Å². The number of hydrogen-bond donors (Lipinski definition) is 0. The summed E-state index contributed by atoms with van der Waals surface area (Å²) in [5.41, 5.74) is 1.86. The Hall–Kier alpha value is -2.44. The lowest BCUT2D eigenvalue weighted by Gasteiger charge is -2.35. The van der Waals surface area contributed by atoms with Crippen LogP contribution in [0, 0.1) is 0 Å². The molecule has 0 saturated heterocycles. The van der Waals surface area contributed by atoms with Crippen molar-refractivity contribution < 1.29 is 14.3 Å². The minimum atomic E-state index is -0.0313. The zero-order valence-electron chi connectivity index (χ0n) is 14.9. The number of amides is 1. The quantitative estimate of drug-likeness (QED) is 0.593. The first-order chi connectivity index (χ1) is 13.1. The fourth-order valence-electron chi connectivity index (χ4n) is 3.35. The molecule has 0 saturated carbocycles. The van der Waals surface area contributed by atoms with Crippen molar-refractivity contribution in [3.05, 3.63) is 74.1 Å². The van der Waals surface area contributed by atoms with Gasteiger partial charge in [-0.15, -0.1) is 22.7 Å². The zero-order valence-corrected chi connectivity index (χ0v) is 16.5. The topological polar surface area (TPSA) is 46.6 Å². The summed E-state index contributed by atoms with van der Waals surface area (Å²) in [6.07, 6.45) is 0.883. The maximum atomic E-state index is 12.9. The van der Waals surface area contributed by atoms with E-state index in [1.165, 1.54) is 22.2 Å². The maximum absolute atomic E-state index is 12.9. The summed E-state index contributed by atoms with van der Waals surface area (Å²) in [4.78, 5) is 28.8. The number of rotatable bonds is 5. The van der Waals surface area contributed by atoms with Gasteiger partial charge in [-0.1, -0.05) is 6.07 Å². The summed E-state index contributed by atoms with van der Waals surface area (Å²) in [6.45, 7) is 2.21. The van der Waals surface area contributed by atoms with Crippen molar-refractivity contribution in [2.24, 2.45) is 0 Å². The SMILES string of the molecule is CC(=O)c1ccc(OCC(=O)N2CCc3sccc3C2c2cccs2)cc1. The Kier molecular flexibility index (Phi) is 5.09. The van der Waals surface area contributed by atoms with Crippen molar-refractivity contribution in [3.8, 4) is 5.75 Å².